The van der Waals surface area contributed by atoms with Crippen molar-refractivity contribution in [2.75, 3.05) is 38.0 Å². The van der Waals surface area contributed by atoms with E-state index in [1.165, 1.54) is 11.3 Å². The number of amides is 2. The Bertz CT molecular complexity index is 750. The molecule has 0 spiro atoms. The zero-order valence-electron chi connectivity index (χ0n) is 15.3. The lowest BCUT2D eigenvalue weighted by atomic mass is 10.1. The standard InChI is InChI=1S/C20H25N3O2S/c1-15(2)14-22-8-10-23(11-9-22)20(25)16-5-3-6-17(13-16)21-19(24)18-7-4-12-26-18/h3-7,12-13,15H,8-11,14H2,1-2H3,(H,21,24). The molecule has 1 aliphatic heterocycles. The molecule has 0 bridgehead atoms. The molecule has 0 radical (unpaired) electrons. The van der Waals surface area contributed by atoms with E-state index < -0.39 is 0 Å². The van der Waals surface area contributed by atoms with Gasteiger partial charge in [0.2, 0.25) is 0 Å². The summed E-state index contributed by atoms with van der Waals surface area (Å²) >= 11 is 1.40. The Morgan fingerprint density at radius 1 is 1.12 bits per heavy atom. The van der Waals surface area contributed by atoms with Crippen molar-refractivity contribution in [2.45, 2.75) is 13.8 Å². The lowest BCUT2D eigenvalue weighted by Gasteiger charge is -2.35. The summed E-state index contributed by atoms with van der Waals surface area (Å²) in [5.41, 5.74) is 1.26. The van der Waals surface area contributed by atoms with E-state index in [1.807, 2.05) is 34.5 Å². The van der Waals surface area contributed by atoms with Crippen LogP contribution >= 0.6 is 11.3 Å². The van der Waals surface area contributed by atoms with Crippen LogP contribution < -0.4 is 5.32 Å². The molecule has 1 aliphatic rings. The molecule has 0 saturated carbocycles. The fourth-order valence-corrected chi connectivity index (χ4v) is 3.78. The first-order valence-electron chi connectivity index (χ1n) is 8.99. The first kappa shape index (κ1) is 18.6. The van der Waals surface area contributed by atoms with Gasteiger partial charge < -0.3 is 10.2 Å². The lowest BCUT2D eigenvalue weighted by molar-refractivity contribution is 0.0623. The normalized spacial score (nSPS) is 15.3. The smallest absolute Gasteiger partial charge is 0.265 e. The number of carbonyl (C=O) groups excluding carboxylic acids is 2. The Morgan fingerprint density at radius 2 is 1.88 bits per heavy atom. The van der Waals surface area contributed by atoms with E-state index in [2.05, 4.69) is 24.1 Å². The lowest BCUT2D eigenvalue weighted by Crippen LogP contribution is -2.49. The van der Waals surface area contributed by atoms with Crippen LogP contribution in [-0.4, -0.2) is 54.3 Å². The third-order valence-corrected chi connectivity index (χ3v) is 5.26. The van der Waals surface area contributed by atoms with Crippen LogP contribution in [-0.2, 0) is 0 Å². The second-order valence-corrected chi connectivity index (χ2v) is 7.95. The van der Waals surface area contributed by atoms with Crippen molar-refractivity contribution in [1.29, 1.82) is 0 Å². The van der Waals surface area contributed by atoms with Gasteiger partial charge in [0.25, 0.3) is 11.8 Å². The van der Waals surface area contributed by atoms with Gasteiger partial charge in [-0.3, -0.25) is 14.5 Å². The van der Waals surface area contributed by atoms with Gasteiger partial charge >= 0.3 is 0 Å². The summed E-state index contributed by atoms with van der Waals surface area (Å²) in [5.74, 6) is 0.522. The fraction of sp³-hybridized carbons (Fsp3) is 0.400. The highest BCUT2D eigenvalue weighted by atomic mass is 32.1. The number of thiophene rings is 1. The van der Waals surface area contributed by atoms with E-state index in [1.54, 1.807) is 12.1 Å². The number of carbonyl (C=O) groups is 2. The number of nitrogens with one attached hydrogen (secondary N) is 1. The van der Waals surface area contributed by atoms with Gasteiger partial charge in [0.05, 0.1) is 4.88 Å². The molecule has 2 aromatic rings. The Morgan fingerprint density at radius 3 is 2.54 bits per heavy atom. The monoisotopic (exact) mass is 371 g/mol. The van der Waals surface area contributed by atoms with Crippen molar-refractivity contribution in [1.82, 2.24) is 9.80 Å². The second-order valence-electron chi connectivity index (χ2n) is 7.00. The van der Waals surface area contributed by atoms with Gasteiger partial charge in [0, 0.05) is 44.0 Å². The van der Waals surface area contributed by atoms with Gasteiger partial charge in [-0.25, -0.2) is 0 Å². The molecule has 0 unspecified atom stereocenters. The number of rotatable bonds is 5. The van der Waals surface area contributed by atoms with Crippen molar-refractivity contribution >= 4 is 28.8 Å². The van der Waals surface area contributed by atoms with Gasteiger partial charge in [-0.15, -0.1) is 11.3 Å². The van der Waals surface area contributed by atoms with Crippen LogP contribution in [0.3, 0.4) is 0 Å². The number of hydrogen-bond acceptors (Lipinski definition) is 4. The molecule has 1 saturated heterocycles. The van der Waals surface area contributed by atoms with Gasteiger partial charge in [-0.2, -0.15) is 0 Å². The first-order chi connectivity index (χ1) is 12.5. The molecule has 5 nitrogen and oxygen atoms in total. The second kappa shape index (κ2) is 8.47. The minimum Gasteiger partial charge on any atom is -0.336 e. The topological polar surface area (TPSA) is 52.6 Å². The summed E-state index contributed by atoms with van der Waals surface area (Å²) in [6.45, 7) is 8.83. The Hall–Kier alpha value is -2.18. The maximum atomic E-state index is 12.8. The Labute approximate surface area is 158 Å². The van der Waals surface area contributed by atoms with E-state index in [4.69, 9.17) is 0 Å². The Balaban J connectivity index is 1.61. The maximum Gasteiger partial charge on any atom is 0.265 e. The molecule has 2 amide bonds. The van der Waals surface area contributed by atoms with Crippen molar-refractivity contribution in [3.05, 3.63) is 52.2 Å². The predicted molar refractivity (Wildman–Crippen MR) is 106 cm³/mol. The van der Waals surface area contributed by atoms with Crippen molar-refractivity contribution in [3.63, 3.8) is 0 Å². The summed E-state index contributed by atoms with van der Waals surface area (Å²) in [6, 6.07) is 10.8. The van der Waals surface area contributed by atoms with E-state index in [-0.39, 0.29) is 11.8 Å². The SMILES string of the molecule is CC(C)CN1CCN(C(=O)c2cccc(NC(=O)c3cccs3)c2)CC1. The van der Waals surface area contributed by atoms with Crippen LogP contribution in [0.4, 0.5) is 5.69 Å². The molecule has 6 heteroatoms. The van der Waals surface area contributed by atoms with Crippen molar-refractivity contribution < 1.29 is 9.59 Å². The average Bonchev–Trinajstić information content (AvgIpc) is 3.16. The van der Waals surface area contributed by atoms with E-state index >= 15 is 0 Å². The number of anilines is 1. The molecule has 1 N–H and O–H groups in total. The largest absolute Gasteiger partial charge is 0.336 e. The summed E-state index contributed by atoms with van der Waals surface area (Å²) in [4.78, 5) is 29.9. The van der Waals surface area contributed by atoms with Gasteiger partial charge in [0.15, 0.2) is 0 Å². The molecule has 1 aromatic carbocycles. The highest BCUT2D eigenvalue weighted by Crippen LogP contribution is 2.17. The van der Waals surface area contributed by atoms with E-state index in [0.717, 1.165) is 32.7 Å². The maximum absolute atomic E-state index is 12.8. The van der Waals surface area contributed by atoms with Crippen LogP contribution in [0.15, 0.2) is 41.8 Å². The zero-order chi connectivity index (χ0) is 18.5. The van der Waals surface area contributed by atoms with Crippen LogP contribution in [0, 0.1) is 5.92 Å². The quantitative estimate of drug-likeness (QED) is 0.876. The van der Waals surface area contributed by atoms with Gasteiger partial charge in [0.1, 0.15) is 0 Å². The predicted octanol–water partition coefficient (Wildman–Crippen LogP) is 3.41. The summed E-state index contributed by atoms with van der Waals surface area (Å²) in [6.07, 6.45) is 0. The molecular weight excluding hydrogens is 346 g/mol. The van der Waals surface area contributed by atoms with Crippen LogP contribution in [0.5, 0.6) is 0 Å². The first-order valence-corrected chi connectivity index (χ1v) is 9.87. The molecule has 1 aromatic heterocycles. The number of piperazine rings is 1. The molecule has 0 atom stereocenters. The summed E-state index contributed by atoms with van der Waals surface area (Å²) in [5, 5.41) is 4.73. The third-order valence-electron chi connectivity index (χ3n) is 4.40. The van der Waals surface area contributed by atoms with Crippen molar-refractivity contribution in [3.8, 4) is 0 Å². The number of hydrogen-bond donors (Lipinski definition) is 1. The summed E-state index contributed by atoms with van der Waals surface area (Å²) < 4.78 is 0. The molecule has 26 heavy (non-hydrogen) atoms. The minimum atomic E-state index is -0.146. The van der Waals surface area contributed by atoms with Crippen molar-refractivity contribution in [2.24, 2.45) is 5.92 Å². The fourth-order valence-electron chi connectivity index (χ4n) is 3.16. The molecule has 3 rings (SSSR count). The molecule has 0 aliphatic carbocycles. The van der Waals surface area contributed by atoms with E-state index in [0.29, 0.717) is 22.0 Å². The zero-order valence-corrected chi connectivity index (χ0v) is 16.1. The number of nitrogens with zero attached hydrogens (tertiary/aromatic N) is 2. The highest BCUT2D eigenvalue weighted by Gasteiger charge is 2.22. The summed E-state index contributed by atoms with van der Waals surface area (Å²) in [7, 11) is 0. The van der Waals surface area contributed by atoms with Crippen LogP contribution in [0.1, 0.15) is 33.9 Å². The van der Waals surface area contributed by atoms with Gasteiger partial charge in [-0.05, 0) is 35.6 Å². The average molecular weight is 372 g/mol. The molecule has 138 valence electrons. The third kappa shape index (κ3) is 4.71. The molecular formula is C20H25N3O2S. The number of benzene rings is 1. The highest BCUT2D eigenvalue weighted by molar-refractivity contribution is 7.12. The minimum absolute atomic E-state index is 0.0291. The van der Waals surface area contributed by atoms with Crippen LogP contribution in [0.25, 0.3) is 0 Å². The molecule has 2 heterocycles. The van der Waals surface area contributed by atoms with Crippen LogP contribution in [0.2, 0.25) is 0 Å². The molecule has 1 fully saturated rings. The Kier molecular flexibility index (Phi) is 6.06. The van der Waals surface area contributed by atoms with E-state index in [9.17, 15) is 9.59 Å². The van der Waals surface area contributed by atoms with Gasteiger partial charge in [-0.1, -0.05) is 26.0 Å².